The second-order valence-corrected chi connectivity index (χ2v) is 6.00. The minimum absolute atomic E-state index is 0.0664. The highest BCUT2D eigenvalue weighted by Crippen LogP contribution is 2.40. The van der Waals surface area contributed by atoms with E-state index >= 15 is 0 Å². The second kappa shape index (κ2) is 4.67. The maximum absolute atomic E-state index is 12.0. The monoisotopic (exact) mass is 234 g/mol. The van der Waals surface area contributed by atoms with Gasteiger partial charge in [-0.05, 0) is 36.8 Å². The van der Waals surface area contributed by atoms with Gasteiger partial charge >= 0.3 is 0 Å². The third-order valence-electron chi connectivity index (χ3n) is 3.69. The summed E-state index contributed by atoms with van der Waals surface area (Å²) in [5.74, 6) is 1.87. The first-order chi connectivity index (χ1) is 8.01. The van der Waals surface area contributed by atoms with E-state index in [1.54, 1.807) is 6.26 Å². The Kier molecular flexibility index (Phi) is 3.41. The lowest BCUT2D eigenvalue weighted by Gasteiger charge is -2.31. The van der Waals surface area contributed by atoms with Gasteiger partial charge in [0.1, 0.15) is 11.5 Å². The van der Waals surface area contributed by atoms with Crippen LogP contribution in [0.2, 0.25) is 0 Å². The lowest BCUT2D eigenvalue weighted by molar-refractivity contribution is -0.121. The van der Waals surface area contributed by atoms with Gasteiger partial charge in [-0.25, -0.2) is 0 Å². The van der Waals surface area contributed by atoms with Gasteiger partial charge in [-0.15, -0.1) is 0 Å². The minimum Gasteiger partial charge on any atom is -0.468 e. The van der Waals surface area contributed by atoms with E-state index in [0.29, 0.717) is 24.5 Å². The molecule has 0 aromatic carbocycles. The minimum atomic E-state index is -0.0664. The third-order valence-corrected chi connectivity index (χ3v) is 3.69. The molecule has 1 aromatic heterocycles. The summed E-state index contributed by atoms with van der Waals surface area (Å²) < 4.78 is 5.63. The molecule has 1 atom stereocenters. The summed E-state index contributed by atoms with van der Waals surface area (Å²) >= 11 is 0. The van der Waals surface area contributed by atoms with E-state index in [2.05, 4.69) is 26.8 Å². The average Bonchev–Trinajstić information content (AvgIpc) is 2.65. The van der Waals surface area contributed by atoms with Gasteiger partial charge in [0, 0.05) is 18.3 Å². The zero-order chi connectivity index (χ0) is 12.5. The molecule has 0 saturated heterocycles. The molecule has 2 heteroatoms. The zero-order valence-electron chi connectivity index (χ0n) is 11.1. The number of carbonyl (C=O) groups excluding carboxylic acids is 1. The summed E-state index contributed by atoms with van der Waals surface area (Å²) in [5.41, 5.74) is 1.24. The van der Waals surface area contributed by atoms with Crippen LogP contribution in [0.25, 0.3) is 0 Å². The molecule has 0 N–H and O–H groups in total. The van der Waals surface area contributed by atoms with Crippen LogP contribution in [0.1, 0.15) is 57.8 Å². The largest absolute Gasteiger partial charge is 0.468 e. The number of furan rings is 1. The van der Waals surface area contributed by atoms with Crippen LogP contribution in [-0.4, -0.2) is 5.78 Å². The van der Waals surface area contributed by atoms with Gasteiger partial charge in [0.2, 0.25) is 0 Å². The molecule has 94 valence electrons. The SMILES string of the molecule is CC(C)CC(=O)C[C@]1(C)CCCc2ccoc21. The van der Waals surface area contributed by atoms with Crippen molar-refractivity contribution >= 4 is 5.78 Å². The van der Waals surface area contributed by atoms with E-state index in [1.165, 1.54) is 5.56 Å². The zero-order valence-corrected chi connectivity index (χ0v) is 11.1. The number of hydrogen-bond donors (Lipinski definition) is 0. The molecule has 0 radical (unpaired) electrons. The molecule has 0 bridgehead atoms. The van der Waals surface area contributed by atoms with Crippen LogP contribution < -0.4 is 0 Å². The Morgan fingerprint density at radius 2 is 2.29 bits per heavy atom. The second-order valence-electron chi connectivity index (χ2n) is 6.00. The third kappa shape index (κ3) is 2.62. The van der Waals surface area contributed by atoms with E-state index < -0.39 is 0 Å². The Hall–Kier alpha value is -1.05. The van der Waals surface area contributed by atoms with E-state index in [4.69, 9.17) is 4.42 Å². The smallest absolute Gasteiger partial charge is 0.134 e. The molecule has 0 unspecified atom stereocenters. The number of carbonyl (C=O) groups is 1. The molecule has 1 heterocycles. The van der Waals surface area contributed by atoms with Gasteiger partial charge in [0.15, 0.2) is 0 Å². The van der Waals surface area contributed by atoms with Crippen LogP contribution >= 0.6 is 0 Å². The predicted octanol–water partition coefficient (Wildman–Crippen LogP) is 3.88. The van der Waals surface area contributed by atoms with Crippen molar-refractivity contribution in [2.24, 2.45) is 5.92 Å². The summed E-state index contributed by atoms with van der Waals surface area (Å²) in [6.45, 7) is 6.37. The van der Waals surface area contributed by atoms with Crippen LogP contribution in [0, 0.1) is 5.92 Å². The summed E-state index contributed by atoms with van der Waals surface area (Å²) in [5, 5.41) is 0. The quantitative estimate of drug-likeness (QED) is 0.791. The predicted molar refractivity (Wildman–Crippen MR) is 68.1 cm³/mol. The normalized spacial score (nSPS) is 23.8. The topological polar surface area (TPSA) is 30.2 Å². The molecule has 1 aliphatic carbocycles. The van der Waals surface area contributed by atoms with Crippen LogP contribution in [0.4, 0.5) is 0 Å². The lowest BCUT2D eigenvalue weighted by Crippen LogP contribution is -2.29. The highest BCUT2D eigenvalue weighted by Gasteiger charge is 2.36. The van der Waals surface area contributed by atoms with Crippen LogP contribution in [-0.2, 0) is 16.6 Å². The van der Waals surface area contributed by atoms with Gasteiger partial charge in [-0.1, -0.05) is 20.8 Å². The van der Waals surface area contributed by atoms with Gasteiger partial charge in [0.25, 0.3) is 0 Å². The standard InChI is InChI=1S/C15H22O2/c1-11(2)9-13(16)10-15(3)7-4-5-12-6-8-17-14(12)15/h6,8,11H,4-5,7,9-10H2,1-3H3/t15-/m0/s1. The summed E-state index contributed by atoms with van der Waals surface area (Å²) in [6.07, 6.45) is 6.41. The number of Topliss-reactive ketones (excluding diaryl/α,β-unsaturated/α-hetero) is 1. The van der Waals surface area contributed by atoms with Gasteiger partial charge in [-0.2, -0.15) is 0 Å². The molecule has 0 aliphatic heterocycles. The van der Waals surface area contributed by atoms with Crippen molar-refractivity contribution in [2.45, 2.75) is 58.3 Å². The lowest BCUT2D eigenvalue weighted by atomic mass is 9.72. The van der Waals surface area contributed by atoms with Crippen LogP contribution in [0.5, 0.6) is 0 Å². The number of rotatable bonds is 4. The first kappa shape index (κ1) is 12.4. The molecular formula is C15H22O2. The van der Waals surface area contributed by atoms with E-state index in [-0.39, 0.29) is 5.41 Å². The van der Waals surface area contributed by atoms with Gasteiger partial charge in [0.05, 0.1) is 6.26 Å². The first-order valence-corrected chi connectivity index (χ1v) is 6.60. The highest BCUT2D eigenvalue weighted by molar-refractivity contribution is 5.80. The maximum Gasteiger partial charge on any atom is 0.134 e. The Balaban J connectivity index is 2.13. The number of fused-ring (bicyclic) bond motifs is 1. The van der Waals surface area contributed by atoms with Crippen molar-refractivity contribution in [2.75, 3.05) is 0 Å². The van der Waals surface area contributed by atoms with Crippen LogP contribution in [0.3, 0.4) is 0 Å². The molecule has 2 rings (SSSR count). The average molecular weight is 234 g/mol. The van der Waals surface area contributed by atoms with Crippen molar-refractivity contribution in [3.63, 3.8) is 0 Å². The Bertz CT molecular complexity index is 403. The van der Waals surface area contributed by atoms with Gasteiger partial charge < -0.3 is 4.42 Å². The fraction of sp³-hybridized carbons (Fsp3) is 0.667. The molecular weight excluding hydrogens is 212 g/mol. The maximum atomic E-state index is 12.0. The molecule has 1 aliphatic rings. The van der Waals surface area contributed by atoms with Gasteiger partial charge in [-0.3, -0.25) is 4.79 Å². The van der Waals surface area contributed by atoms with Crippen molar-refractivity contribution in [1.29, 1.82) is 0 Å². The fourth-order valence-electron chi connectivity index (χ4n) is 2.98. The first-order valence-electron chi connectivity index (χ1n) is 6.60. The van der Waals surface area contributed by atoms with Crippen molar-refractivity contribution in [3.05, 3.63) is 23.7 Å². The van der Waals surface area contributed by atoms with E-state index in [0.717, 1.165) is 25.0 Å². The Morgan fingerprint density at radius 1 is 1.53 bits per heavy atom. The molecule has 0 amide bonds. The van der Waals surface area contributed by atoms with E-state index in [9.17, 15) is 4.79 Å². The number of aryl methyl sites for hydroxylation is 1. The molecule has 17 heavy (non-hydrogen) atoms. The van der Waals surface area contributed by atoms with Crippen molar-refractivity contribution < 1.29 is 9.21 Å². The molecule has 2 nitrogen and oxygen atoms in total. The number of ketones is 1. The molecule has 0 spiro atoms. The Labute approximate surface area is 103 Å². The molecule has 0 fully saturated rings. The molecule has 1 aromatic rings. The highest BCUT2D eigenvalue weighted by atomic mass is 16.3. The van der Waals surface area contributed by atoms with Crippen molar-refractivity contribution in [1.82, 2.24) is 0 Å². The summed E-state index contributed by atoms with van der Waals surface area (Å²) in [4.78, 5) is 12.0. The molecule has 0 saturated carbocycles. The van der Waals surface area contributed by atoms with Crippen LogP contribution in [0.15, 0.2) is 16.7 Å². The number of hydrogen-bond acceptors (Lipinski definition) is 2. The Morgan fingerprint density at radius 3 is 3.00 bits per heavy atom. The van der Waals surface area contributed by atoms with Crippen molar-refractivity contribution in [3.8, 4) is 0 Å². The fourth-order valence-corrected chi connectivity index (χ4v) is 2.98. The summed E-state index contributed by atoms with van der Waals surface area (Å²) in [6, 6.07) is 2.06. The summed E-state index contributed by atoms with van der Waals surface area (Å²) in [7, 11) is 0. The van der Waals surface area contributed by atoms with E-state index in [1.807, 2.05) is 0 Å².